The number of ether oxygens (including phenoxy) is 1. The molecule has 0 radical (unpaired) electrons. The predicted molar refractivity (Wildman–Crippen MR) is 143 cm³/mol. The van der Waals surface area contributed by atoms with Crippen molar-refractivity contribution in [2.45, 2.75) is 45.0 Å². The SMILES string of the molecule is CCOC(=O)C(F)(F)F.C[C@H](Cc1c[nH]c2c(C(=O)NCCC(=O)O)cccc12)NC[C@H](O)c1cccc(Cl)c1. The van der Waals surface area contributed by atoms with E-state index in [1.54, 1.807) is 18.2 Å². The van der Waals surface area contributed by atoms with E-state index in [9.17, 15) is 32.7 Å². The third-order valence-electron chi connectivity index (χ3n) is 5.60. The summed E-state index contributed by atoms with van der Waals surface area (Å²) in [4.78, 5) is 36.0. The Labute approximate surface area is 233 Å². The van der Waals surface area contributed by atoms with Gasteiger partial charge in [0.05, 0.1) is 30.2 Å². The summed E-state index contributed by atoms with van der Waals surface area (Å²) in [6.45, 7) is 3.56. The van der Waals surface area contributed by atoms with E-state index in [4.69, 9.17) is 16.7 Å². The first-order valence-electron chi connectivity index (χ1n) is 12.3. The van der Waals surface area contributed by atoms with Crippen LogP contribution in [0.1, 0.15) is 47.9 Å². The number of aromatic amines is 1. The van der Waals surface area contributed by atoms with Crippen LogP contribution in [-0.2, 0) is 20.7 Å². The van der Waals surface area contributed by atoms with Crippen LogP contribution in [0.3, 0.4) is 0 Å². The number of carbonyl (C=O) groups is 3. The van der Waals surface area contributed by atoms with E-state index < -0.39 is 24.2 Å². The quantitative estimate of drug-likeness (QED) is 0.210. The molecule has 0 unspecified atom stereocenters. The van der Waals surface area contributed by atoms with Crippen molar-refractivity contribution in [2.75, 3.05) is 19.7 Å². The molecular weight excluding hydrogens is 555 g/mol. The second kappa shape index (κ2) is 15.2. The van der Waals surface area contributed by atoms with Crippen molar-refractivity contribution >= 4 is 40.3 Å². The highest BCUT2D eigenvalue weighted by molar-refractivity contribution is 6.30. The van der Waals surface area contributed by atoms with Gasteiger partial charge in [0.2, 0.25) is 0 Å². The normalized spacial score (nSPS) is 12.7. The maximum atomic E-state index is 12.4. The van der Waals surface area contributed by atoms with Crippen LogP contribution in [-0.4, -0.2) is 65.0 Å². The molecule has 0 fully saturated rings. The minimum Gasteiger partial charge on any atom is -0.481 e. The summed E-state index contributed by atoms with van der Waals surface area (Å²) in [5.74, 6) is -3.40. The van der Waals surface area contributed by atoms with Crippen LogP contribution in [0, 0.1) is 0 Å². The number of halogens is 4. The summed E-state index contributed by atoms with van der Waals surface area (Å²) in [6.07, 6.45) is -3.06. The Hall–Kier alpha value is -3.61. The van der Waals surface area contributed by atoms with Gasteiger partial charge in [0, 0.05) is 35.7 Å². The van der Waals surface area contributed by atoms with Crippen LogP contribution < -0.4 is 10.6 Å². The van der Waals surface area contributed by atoms with Gasteiger partial charge in [0.1, 0.15) is 0 Å². The van der Waals surface area contributed by atoms with Crippen molar-refractivity contribution in [3.63, 3.8) is 0 Å². The largest absolute Gasteiger partial charge is 0.490 e. The maximum Gasteiger partial charge on any atom is 0.490 e. The van der Waals surface area contributed by atoms with Crippen molar-refractivity contribution in [1.82, 2.24) is 15.6 Å². The van der Waals surface area contributed by atoms with Gasteiger partial charge in [-0.05, 0) is 49.6 Å². The fourth-order valence-corrected chi connectivity index (χ4v) is 3.91. The van der Waals surface area contributed by atoms with Crippen molar-refractivity contribution < 1.29 is 42.5 Å². The second-order valence-electron chi connectivity index (χ2n) is 8.74. The van der Waals surface area contributed by atoms with Gasteiger partial charge in [-0.25, -0.2) is 4.79 Å². The number of hydrogen-bond donors (Lipinski definition) is 5. The molecule has 0 bridgehead atoms. The third kappa shape index (κ3) is 10.2. The average Bonchev–Trinajstić information content (AvgIpc) is 3.29. The maximum absolute atomic E-state index is 12.4. The Morgan fingerprint density at radius 1 is 1.15 bits per heavy atom. The fraction of sp³-hybridized carbons (Fsp3) is 0.370. The first kappa shape index (κ1) is 32.6. The lowest BCUT2D eigenvalue weighted by Crippen LogP contribution is -2.32. The lowest BCUT2D eigenvalue weighted by molar-refractivity contribution is -0.199. The molecule has 0 aliphatic heterocycles. The van der Waals surface area contributed by atoms with Gasteiger partial charge in [-0.15, -0.1) is 0 Å². The highest BCUT2D eigenvalue weighted by Gasteiger charge is 2.40. The summed E-state index contributed by atoms with van der Waals surface area (Å²) in [5.41, 5.74) is 3.01. The van der Waals surface area contributed by atoms with Crippen LogP contribution in [0.4, 0.5) is 13.2 Å². The van der Waals surface area contributed by atoms with E-state index in [1.165, 1.54) is 6.92 Å². The number of aliphatic hydroxyl groups is 1. The number of amides is 1. The molecule has 0 saturated carbocycles. The first-order valence-corrected chi connectivity index (χ1v) is 12.7. The number of H-pyrrole nitrogens is 1. The van der Waals surface area contributed by atoms with E-state index in [-0.39, 0.29) is 31.5 Å². The number of benzene rings is 2. The van der Waals surface area contributed by atoms with E-state index in [1.807, 2.05) is 37.4 Å². The Balaban J connectivity index is 0.000000536. The Kier molecular flexibility index (Phi) is 12.4. The van der Waals surface area contributed by atoms with Crippen molar-refractivity contribution in [1.29, 1.82) is 0 Å². The molecule has 1 amide bonds. The van der Waals surface area contributed by atoms with E-state index in [0.717, 1.165) is 22.0 Å². The second-order valence-corrected chi connectivity index (χ2v) is 9.18. The summed E-state index contributed by atoms with van der Waals surface area (Å²) < 4.78 is 37.1. The number of fused-ring (bicyclic) bond motifs is 1. The molecule has 1 aromatic heterocycles. The van der Waals surface area contributed by atoms with Crippen LogP contribution in [0.25, 0.3) is 10.9 Å². The number of rotatable bonds is 11. The molecule has 0 aliphatic rings. The fourth-order valence-electron chi connectivity index (χ4n) is 3.71. The number of aliphatic carboxylic acids is 1. The summed E-state index contributed by atoms with van der Waals surface area (Å²) in [5, 5.41) is 26.6. The van der Waals surface area contributed by atoms with Crippen LogP contribution >= 0.6 is 11.6 Å². The highest BCUT2D eigenvalue weighted by atomic mass is 35.5. The molecule has 9 nitrogen and oxygen atoms in total. The van der Waals surface area contributed by atoms with Crippen molar-refractivity contribution in [3.8, 4) is 0 Å². The third-order valence-corrected chi connectivity index (χ3v) is 5.83. The highest BCUT2D eigenvalue weighted by Crippen LogP contribution is 2.23. The van der Waals surface area contributed by atoms with Crippen LogP contribution in [0.2, 0.25) is 5.02 Å². The number of aromatic nitrogens is 1. The number of nitrogens with one attached hydrogen (secondary N) is 3. The average molecular weight is 586 g/mol. The number of aliphatic hydroxyl groups excluding tert-OH is 1. The van der Waals surface area contributed by atoms with Crippen molar-refractivity contribution in [3.05, 3.63) is 70.4 Å². The van der Waals surface area contributed by atoms with E-state index in [2.05, 4.69) is 20.4 Å². The number of para-hydroxylation sites is 1. The van der Waals surface area contributed by atoms with E-state index >= 15 is 0 Å². The summed E-state index contributed by atoms with van der Waals surface area (Å²) in [6, 6.07) is 12.7. The Bertz CT molecular complexity index is 1300. The molecule has 3 aromatic rings. The minimum absolute atomic E-state index is 0.0774. The Morgan fingerprint density at radius 2 is 1.85 bits per heavy atom. The summed E-state index contributed by atoms with van der Waals surface area (Å²) in [7, 11) is 0. The molecule has 2 atom stereocenters. The molecule has 3 rings (SSSR count). The zero-order chi connectivity index (χ0) is 29.9. The number of carboxylic acid groups (broad SMARTS) is 1. The van der Waals surface area contributed by atoms with Gasteiger partial charge < -0.3 is 30.6 Å². The first-order chi connectivity index (χ1) is 18.8. The molecule has 40 heavy (non-hydrogen) atoms. The smallest absolute Gasteiger partial charge is 0.481 e. The number of hydrogen-bond acceptors (Lipinski definition) is 6. The lowest BCUT2D eigenvalue weighted by Gasteiger charge is -2.17. The topological polar surface area (TPSA) is 141 Å². The molecular formula is C27H31ClF3N3O6. The molecule has 13 heteroatoms. The monoisotopic (exact) mass is 585 g/mol. The molecule has 5 N–H and O–H groups in total. The molecule has 218 valence electrons. The van der Waals surface area contributed by atoms with Crippen LogP contribution in [0.15, 0.2) is 48.7 Å². The minimum atomic E-state index is -4.85. The van der Waals surface area contributed by atoms with Crippen LogP contribution in [0.5, 0.6) is 0 Å². The van der Waals surface area contributed by atoms with Crippen molar-refractivity contribution in [2.24, 2.45) is 0 Å². The Morgan fingerprint density at radius 3 is 2.45 bits per heavy atom. The molecule has 1 heterocycles. The molecule has 0 aliphatic carbocycles. The number of alkyl halides is 3. The predicted octanol–water partition coefficient (Wildman–Crippen LogP) is 4.39. The summed E-state index contributed by atoms with van der Waals surface area (Å²) >= 11 is 5.99. The van der Waals surface area contributed by atoms with Gasteiger partial charge >= 0.3 is 18.1 Å². The van der Waals surface area contributed by atoms with Gasteiger partial charge in [0.25, 0.3) is 5.91 Å². The number of carbonyl (C=O) groups excluding carboxylic acids is 2. The zero-order valence-electron chi connectivity index (χ0n) is 21.8. The molecule has 0 saturated heterocycles. The van der Waals surface area contributed by atoms with Gasteiger partial charge in [-0.2, -0.15) is 13.2 Å². The molecule has 2 aromatic carbocycles. The molecule has 0 spiro atoms. The standard InChI is InChI=1S/C23H26ClN3O4.C4H5F3O2/c1-14(26-13-20(28)15-4-2-5-17(24)11-15)10-16-12-27-22-18(16)6-3-7-19(22)23(31)25-9-8-21(29)30;1-2-9-3(8)4(5,6)7/h2-7,11-12,14,20,26-28H,8-10,13H2,1H3,(H,25,31)(H,29,30);2H2,1H3/t14-,20+;/m1./s1. The van der Waals surface area contributed by atoms with Gasteiger partial charge in [-0.1, -0.05) is 35.9 Å². The lowest BCUT2D eigenvalue weighted by atomic mass is 10.0. The number of carboxylic acids is 1. The van der Waals surface area contributed by atoms with E-state index in [0.29, 0.717) is 23.6 Å². The zero-order valence-corrected chi connectivity index (χ0v) is 22.6. The number of esters is 1. The van der Waals surface area contributed by atoms with Gasteiger partial charge in [0.15, 0.2) is 0 Å². The van der Waals surface area contributed by atoms with Gasteiger partial charge in [-0.3, -0.25) is 9.59 Å².